The molecular weight excluding hydrogens is 216 g/mol. The van der Waals surface area contributed by atoms with Gasteiger partial charge in [-0.3, -0.25) is 4.79 Å². The smallest absolute Gasteiger partial charge is 0.306 e. The summed E-state index contributed by atoms with van der Waals surface area (Å²) < 4.78 is 0. The molecule has 1 aromatic carbocycles. The molecule has 0 spiro atoms. The largest absolute Gasteiger partial charge is 0.481 e. The number of rotatable bonds is 6. The third kappa shape index (κ3) is 5.00. The van der Waals surface area contributed by atoms with Crippen LogP contribution in [0, 0.1) is 0 Å². The Morgan fingerprint density at radius 1 is 1.24 bits per heavy atom. The zero-order valence-electron chi connectivity index (χ0n) is 10.4. The molecule has 0 saturated heterocycles. The first-order chi connectivity index (χ1) is 7.93. The fourth-order valence-corrected chi connectivity index (χ4v) is 1.77. The van der Waals surface area contributed by atoms with E-state index < -0.39 is 11.6 Å². The Kier molecular flexibility index (Phi) is 4.70. The fraction of sp³-hybridized carbons (Fsp3) is 0.500. The molecule has 0 aliphatic rings. The molecule has 0 radical (unpaired) electrons. The second-order valence-electron chi connectivity index (χ2n) is 4.74. The standard InChI is InChI=1S/C14H20O3/c1-3-11-4-6-12(7-5-11)8-9-14(2,17)10-13(15)16/h4-7,17H,3,8-10H2,1-2H3,(H,15,16). The Hall–Kier alpha value is -1.35. The Labute approximate surface area is 102 Å². The van der Waals surface area contributed by atoms with Gasteiger partial charge in [-0.25, -0.2) is 0 Å². The lowest BCUT2D eigenvalue weighted by Crippen LogP contribution is -2.28. The molecule has 3 nitrogen and oxygen atoms in total. The number of aryl methyl sites for hydroxylation is 2. The minimum Gasteiger partial charge on any atom is -0.481 e. The van der Waals surface area contributed by atoms with Crippen LogP contribution in [0.1, 0.15) is 37.8 Å². The van der Waals surface area contributed by atoms with Gasteiger partial charge in [0.1, 0.15) is 0 Å². The molecule has 0 aromatic heterocycles. The van der Waals surface area contributed by atoms with Gasteiger partial charge in [-0.15, -0.1) is 0 Å². The van der Waals surface area contributed by atoms with Gasteiger partial charge in [-0.2, -0.15) is 0 Å². The number of benzene rings is 1. The molecule has 1 unspecified atom stereocenters. The molecule has 0 saturated carbocycles. The lowest BCUT2D eigenvalue weighted by Gasteiger charge is -2.20. The monoisotopic (exact) mass is 236 g/mol. The van der Waals surface area contributed by atoms with Gasteiger partial charge < -0.3 is 10.2 Å². The van der Waals surface area contributed by atoms with Crippen LogP contribution < -0.4 is 0 Å². The predicted octanol–water partition coefficient (Wildman–Crippen LogP) is 2.41. The van der Waals surface area contributed by atoms with E-state index in [0.29, 0.717) is 12.8 Å². The molecule has 1 rings (SSSR count). The molecule has 3 heteroatoms. The second kappa shape index (κ2) is 5.82. The van der Waals surface area contributed by atoms with Gasteiger partial charge in [-0.1, -0.05) is 31.2 Å². The topological polar surface area (TPSA) is 57.5 Å². The lowest BCUT2D eigenvalue weighted by atomic mass is 9.93. The first kappa shape index (κ1) is 13.7. The number of carbonyl (C=O) groups is 1. The van der Waals surface area contributed by atoms with Crippen molar-refractivity contribution >= 4 is 5.97 Å². The van der Waals surface area contributed by atoms with E-state index in [0.717, 1.165) is 12.0 Å². The Morgan fingerprint density at radius 2 is 1.76 bits per heavy atom. The summed E-state index contributed by atoms with van der Waals surface area (Å²) in [5, 5.41) is 18.5. The predicted molar refractivity (Wildman–Crippen MR) is 67.0 cm³/mol. The summed E-state index contributed by atoms with van der Waals surface area (Å²) in [7, 11) is 0. The van der Waals surface area contributed by atoms with Crippen LogP contribution in [0.15, 0.2) is 24.3 Å². The molecule has 0 aliphatic carbocycles. The maximum atomic E-state index is 10.5. The molecule has 94 valence electrons. The van der Waals surface area contributed by atoms with Crippen molar-refractivity contribution in [3.05, 3.63) is 35.4 Å². The maximum Gasteiger partial charge on any atom is 0.306 e. The zero-order chi connectivity index (χ0) is 12.9. The normalized spacial score (nSPS) is 14.3. The summed E-state index contributed by atoms with van der Waals surface area (Å²) in [6.45, 7) is 3.67. The van der Waals surface area contributed by atoms with Gasteiger partial charge in [-0.05, 0) is 37.3 Å². The molecule has 0 bridgehead atoms. The van der Waals surface area contributed by atoms with Crippen molar-refractivity contribution in [3.63, 3.8) is 0 Å². The van der Waals surface area contributed by atoms with Crippen molar-refractivity contribution in [1.29, 1.82) is 0 Å². The maximum absolute atomic E-state index is 10.5. The first-order valence-electron chi connectivity index (χ1n) is 5.95. The summed E-state index contributed by atoms with van der Waals surface area (Å²) >= 11 is 0. The van der Waals surface area contributed by atoms with E-state index in [1.165, 1.54) is 5.56 Å². The second-order valence-corrected chi connectivity index (χ2v) is 4.74. The van der Waals surface area contributed by atoms with Crippen LogP contribution in [-0.4, -0.2) is 21.8 Å². The van der Waals surface area contributed by atoms with Crippen molar-refractivity contribution in [2.45, 2.75) is 45.1 Å². The highest BCUT2D eigenvalue weighted by Crippen LogP contribution is 2.18. The summed E-state index contributed by atoms with van der Waals surface area (Å²) in [5.41, 5.74) is 1.29. The SMILES string of the molecule is CCc1ccc(CCC(C)(O)CC(=O)O)cc1. The molecule has 1 aromatic rings. The van der Waals surface area contributed by atoms with E-state index in [1.54, 1.807) is 6.92 Å². The quantitative estimate of drug-likeness (QED) is 0.797. The first-order valence-corrected chi connectivity index (χ1v) is 5.95. The molecule has 0 amide bonds. The van der Waals surface area contributed by atoms with Crippen LogP contribution in [-0.2, 0) is 17.6 Å². The average molecular weight is 236 g/mol. The highest BCUT2D eigenvalue weighted by molar-refractivity contribution is 5.68. The summed E-state index contributed by atoms with van der Waals surface area (Å²) in [5.74, 6) is -0.962. The average Bonchev–Trinajstić information content (AvgIpc) is 2.25. The van der Waals surface area contributed by atoms with Crippen molar-refractivity contribution in [2.75, 3.05) is 0 Å². The molecule has 1 atom stereocenters. The van der Waals surface area contributed by atoms with E-state index in [-0.39, 0.29) is 6.42 Å². The Bertz CT molecular complexity index is 366. The molecular formula is C14H20O3. The van der Waals surface area contributed by atoms with E-state index in [2.05, 4.69) is 19.1 Å². The number of aliphatic hydroxyl groups is 1. The molecule has 2 N–H and O–H groups in total. The third-order valence-corrected chi connectivity index (χ3v) is 2.92. The minimum atomic E-state index is -1.13. The van der Waals surface area contributed by atoms with Gasteiger partial charge in [0.2, 0.25) is 0 Å². The number of hydrogen-bond acceptors (Lipinski definition) is 2. The zero-order valence-corrected chi connectivity index (χ0v) is 10.4. The van der Waals surface area contributed by atoms with Crippen LogP contribution >= 0.6 is 0 Å². The molecule has 0 heterocycles. The van der Waals surface area contributed by atoms with Crippen molar-refractivity contribution in [2.24, 2.45) is 0 Å². The lowest BCUT2D eigenvalue weighted by molar-refractivity contribution is -0.142. The van der Waals surface area contributed by atoms with Crippen LogP contribution in [0.3, 0.4) is 0 Å². The van der Waals surface area contributed by atoms with Crippen molar-refractivity contribution in [1.82, 2.24) is 0 Å². The number of carboxylic acids is 1. The number of hydrogen-bond donors (Lipinski definition) is 2. The van der Waals surface area contributed by atoms with E-state index in [9.17, 15) is 9.90 Å². The van der Waals surface area contributed by atoms with Gasteiger partial charge in [0.25, 0.3) is 0 Å². The molecule has 0 fully saturated rings. The van der Waals surface area contributed by atoms with Crippen molar-refractivity contribution in [3.8, 4) is 0 Å². The van der Waals surface area contributed by atoms with E-state index >= 15 is 0 Å². The molecule has 0 aliphatic heterocycles. The van der Waals surface area contributed by atoms with Crippen LogP contribution in [0.4, 0.5) is 0 Å². The minimum absolute atomic E-state index is 0.208. The number of aliphatic carboxylic acids is 1. The fourth-order valence-electron chi connectivity index (χ4n) is 1.77. The van der Waals surface area contributed by atoms with E-state index in [4.69, 9.17) is 5.11 Å². The summed E-state index contributed by atoms with van der Waals surface area (Å²) in [4.78, 5) is 10.5. The highest BCUT2D eigenvalue weighted by Gasteiger charge is 2.23. The molecule has 17 heavy (non-hydrogen) atoms. The van der Waals surface area contributed by atoms with Gasteiger partial charge >= 0.3 is 5.97 Å². The van der Waals surface area contributed by atoms with Gasteiger partial charge in [0.05, 0.1) is 12.0 Å². The van der Waals surface area contributed by atoms with Crippen molar-refractivity contribution < 1.29 is 15.0 Å². The third-order valence-electron chi connectivity index (χ3n) is 2.92. The highest BCUT2D eigenvalue weighted by atomic mass is 16.4. The van der Waals surface area contributed by atoms with E-state index in [1.807, 2.05) is 12.1 Å². The van der Waals surface area contributed by atoms with Crippen LogP contribution in [0.25, 0.3) is 0 Å². The Morgan fingerprint density at radius 3 is 2.24 bits per heavy atom. The Balaban J connectivity index is 2.51. The van der Waals surface area contributed by atoms with Gasteiger partial charge in [0, 0.05) is 0 Å². The summed E-state index contributed by atoms with van der Waals surface area (Å²) in [6.07, 6.45) is 1.96. The van der Waals surface area contributed by atoms with Crippen LogP contribution in [0.2, 0.25) is 0 Å². The summed E-state index contributed by atoms with van der Waals surface area (Å²) in [6, 6.07) is 8.22. The number of carboxylic acid groups (broad SMARTS) is 1. The van der Waals surface area contributed by atoms with Gasteiger partial charge in [0.15, 0.2) is 0 Å². The van der Waals surface area contributed by atoms with Crippen LogP contribution in [0.5, 0.6) is 0 Å².